The summed E-state index contributed by atoms with van der Waals surface area (Å²) in [7, 11) is -4.04. The van der Waals surface area contributed by atoms with Crippen molar-refractivity contribution in [2.24, 2.45) is 0 Å². The number of benzene rings is 2. The van der Waals surface area contributed by atoms with Gasteiger partial charge in [-0.05, 0) is 56.3 Å². The lowest BCUT2D eigenvalue weighted by Gasteiger charge is -2.14. The maximum atomic E-state index is 12.7. The molecule has 0 fully saturated rings. The number of esters is 1. The number of hydrogen-bond acceptors (Lipinski definition) is 7. The molecule has 1 atom stereocenters. The van der Waals surface area contributed by atoms with Crippen LogP contribution in [0.15, 0.2) is 57.9 Å². The quantitative estimate of drug-likeness (QED) is 0.466. The molecule has 0 aliphatic rings. The van der Waals surface area contributed by atoms with E-state index in [-0.39, 0.29) is 27.1 Å². The second-order valence-electron chi connectivity index (χ2n) is 6.62. The van der Waals surface area contributed by atoms with Crippen molar-refractivity contribution < 1.29 is 27.3 Å². The minimum atomic E-state index is -4.04. The highest BCUT2D eigenvalue weighted by Gasteiger charge is 2.24. The summed E-state index contributed by atoms with van der Waals surface area (Å²) >= 11 is 11.9. The monoisotopic (exact) mass is 497 g/mol. The summed E-state index contributed by atoms with van der Waals surface area (Å²) in [5, 5.41) is 6.44. The molecule has 0 aliphatic heterocycles. The number of nitrogens with zero attached hydrogens (tertiary/aromatic N) is 1. The van der Waals surface area contributed by atoms with Gasteiger partial charge in [-0.2, -0.15) is 0 Å². The lowest BCUT2D eigenvalue weighted by Crippen LogP contribution is -2.30. The van der Waals surface area contributed by atoms with Gasteiger partial charge in [0.2, 0.25) is 5.88 Å². The maximum absolute atomic E-state index is 12.7. The zero-order valence-electron chi connectivity index (χ0n) is 16.8. The predicted molar refractivity (Wildman–Crippen MR) is 118 cm³/mol. The van der Waals surface area contributed by atoms with E-state index < -0.39 is 28.0 Å². The molecule has 0 saturated carbocycles. The van der Waals surface area contributed by atoms with Crippen LogP contribution in [0.5, 0.6) is 0 Å². The largest absolute Gasteiger partial charge is 0.449 e. The third kappa shape index (κ3) is 5.78. The molecule has 0 radical (unpaired) electrons. The van der Waals surface area contributed by atoms with Crippen LogP contribution in [0.25, 0.3) is 0 Å². The van der Waals surface area contributed by atoms with E-state index >= 15 is 0 Å². The average Bonchev–Trinajstić information content (AvgIpc) is 3.14. The summed E-state index contributed by atoms with van der Waals surface area (Å²) in [6.07, 6.45) is -1.23. The summed E-state index contributed by atoms with van der Waals surface area (Å²) < 4.78 is 37.8. The van der Waals surface area contributed by atoms with E-state index in [1.165, 1.54) is 49.4 Å². The molecular weight excluding hydrogens is 481 g/mol. The first-order valence-corrected chi connectivity index (χ1v) is 11.3. The second kappa shape index (κ2) is 9.60. The molecule has 32 heavy (non-hydrogen) atoms. The van der Waals surface area contributed by atoms with Gasteiger partial charge < -0.3 is 9.26 Å². The van der Waals surface area contributed by atoms with Crippen molar-refractivity contribution in [2.75, 3.05) is 10.0 Å². The van der Waals surface area contributed by atoms with Crippen LogP contribution >= 0.6 is 23.2 Å². The summed E-state index contributed by atoms with van der Waals surface area (Å²) in [6, 6.07) is 11.1. The molecule has 168 valence electrons. The molecule has 1 heterocycles. The highest BCUT2D eigenvalue weighted by atomic mass is 35.5. The third-order valence-electron chi connectivity index (χ3n) is 4.09. The second-order valence-corrected chi connectivity index (χ2v) is 9.15. The molecule has 0 aliphatic carbocycles. The minimum Gasteiger partial charge on any atom is -0.449 e. The van der Waals surface area contributed by atoms with Crippen molar-refractivity contribution in [3.8, 4) is 0 Å². The number of sulfonamides is 1. The first-order chi connectivity index (χ1) is 15.0. The molecule has 12 heteroatoms. The van der Waals surface area contributed by atoms with E-state index in [1.807, 2.05) is 0 Å². The van der Waals surface area contributed by atoms with Gasteiger partial charge in [-0.1, -0.05) is 28.4 Å². The topological polar surface area (TPSA) is 128 Å². The Hall–Kier alpha value is -3.08. The molecule has 1 amide bonds. The van der Waals surface area contributed by atoms with Gasteiger partial charge in [0.25, 0.3) is 15.9 Å². The number of aromatic nitrogens is 1. The number of anilines is 2. The predicted octanol–water partition coefficient (Wildman–Crippen LogP) is 4.27. The molecule has 0 spiro atoms. The van der Waals surface area contributed by atoms with Crippen molar-refractivity contribution in [3.05, 3.63) is 69.8 Å². The first-order valence-electron chi connectivity index (χ1n) is 9.08. The van der Waals surface area contributed by atoms with Gasteiger partial charge in [-0.3, -0.25) is 14.8 Å². The Balaban J connectivity index is 1.74. The highest BCUT2D eigenvalue weighted by Crippen LogP contribution is 2.24. The van der Waals surface area contributed by atoms with E-state index in [9.17, 15) is 18.0 Å². The van der Waals surface area contributed by atoms with Crippen molar-refractivity contribution >= 4 is 56.7 Å². The summed E-state index contributed by atoms with van der Waals surface area (Å²) in [6.45, 7) is 3.01. The molecule has 2 aromatic carbocycles. The van der Waals surface area contributed by atoms with E-state index in [1.54, 1.807) is 6.92 Å². The SMILES string of the molecule is Cc1cc(NC(=O)C(C)OC(=O)c2cc(S(=O)(=O)Nc3ccc(Cl)cc3)ccc2Cl)on1. The number of amides is 1. The average molecular weight is 498 g/mol. The van der Waals surface area contributed by atoms with E-state index in [4.69, 9.17) is 32.5 Å². The minimum absolute atomic E-state index is 0.0427. The molecule has 1 aromatic heterocycles. The number of rotatable bonds is 7. The highest BCUT2D eigenvalue weighted by molar-refractivity contribution is 7.92. The third-order valence-corrected chi connectivity index (χ3v) is 6.05. The number of hydrogen-bond donors (Lipinski definition) is 2. The smallest absolute Gasteiger partial charge is 0.340 e. The van der Waals surface area contributed by atoms with Crippen molar-refractivity contribution in [1.29, 1.82) is 0 Å². The fourth-order valence-electron chi connectivity index (χ4n) is 2.48. The Morgan fingerprint density at radius 3 is 2.41 bits per heavy atom. The molecule has 3 aromatic rings. The van der Waals surface area contributed by atoms with Crippen molar-refractivity contribution in [3.63, 3.8) is 0 Å². The Labute approximate surface area is 193 Å². The van der Waals surface area contributed by atoms with Crippen LogP contribution in [-0.4, -0.2) is 31.6 Å². The van der Waals surface area contributed by atoms with Crippen molar-refractivity contribution in [1.82, 2.24) is 5.16 Å². The first kappa shape index (κ1) is 23.6. The normalized spacial score (nSPS) is 12.1. The summed E-state index contributed by atoms with van der Waals surface area (Å²) in [5.74, 6) is -1.55. The van der Waals surface area contributed by atoms with Gasteiger partial charge >= 0.3 is 5.97 Å². The number of halogens is 2. The number of nitrogens with one attached hydrogen (secondary N) is 2. The molecule has 2 N–H and O–H groups in total. The van der Waals surface area contributed by atoms with Gasteiger partial charge in [-0.15, -0.1) is 0 Å². The Morgan fingerprint density at radius 2 is 1.78 bits per heavy atom. The molecule has 9 nitrogen and oxygen atoms in total. The van der Waals surface area contributed by atoms with Crippen molar-refractivity contribution in [2.45, 2.75) is 24.8 Å². The summed E-state index contributed by atoms with van der Waals surface area (Å²) in [4.78, 5) is 24.5. The molecule has 0 saturated heterocycles. The molecule has 3 rings (SSSR count). The van der Waals surface area contributed by atoms with Crippen LogP contribution < -0.4 is 10.0 Å². The number of carbonyl (C=O) groups is 2. The van der Waals surface area contributed by atoms with E-state index in [2.05, 4.69) is 15.2 Å². The number of ether oxygens (including phenoxy) is 1. The zero-order valence-corrected chi connectivity index (χ0v) is 19.1. The lowest BCUT2D eigenvalue weighted by molar-refractivity contribution is -0.123. The van der Waals surface area contributed by atoms with Crippen LogP contribution in [0.4, 0.5) is 11.6 Å². The fourth-order valence-corrected chi connectivity index (χ4v) is 3.89. The van der Waals surface area contributed by atoms with Gasteiger partial charge in [0, 0.05) is 16.8 Å². The standard InChI is InChI=1S/C20H17Cl2N3O6S/c1-11-9-18(31-24-11)23-19(26)12(2)30-20(27)16-10-15(7-8-17(16)22)32(28,29)25-14-5-3-13(21)4-6-14/h3-10,12,25H,1-2H3,(H,23,26). The van der Waals surface area contributed by atoms with Gasteiger partial charge in [-0.25, -0.2) is 13.2 Å². The van der Waals surface area contributed by atoms with Crippen LogP contribution in [-0.2, 0) is 19.6 Å². The van der Waals surface area contributed by atoms with Crippen LogP contribution in [0.1, 0.15) is 23.0 Å². The maximum Gasteiger partial charge on any atom is 0.340 e. The fraction of sp³-hybridized carbons (Fsp3) is 0.150. The number of aryl methyl sites for hydroxylation is 1. The molecule has 1 unspecified atom stereocenters. The van der Waals surface area contributed by atoms with Crippen LogP contribution in [0.2, 0.25) is 10.0 Å². The van der Waals surface area contributed by atoms with E-state index in [0.29, 0.717) is 10.7 Å². The lowest BCUT2D eigenvalue weighted by atomic mass is 10.2. The van der Waals surface area contributed by atoms with Crippen LogP contribution in [0.3, 0.4) is 0 Å². The van der Waals surface area contributed by atoms with Gasteiger partial charge in [0.15, 0.2) is 6.10 Å². The Kier molecular flexibility index (Phi) is 7.07. The Morgan fingerprint density at radius 1 is 1.09 bits per heavy atom. The van der Waals surface area contributed by atoms with Gasteiger partial charge in [0.05, 0.1) is 21.2 Å². The Bertz CT molecular complexity index is 1260. The molecule has 0 bridgehead atoms. The van der Waals surface area contributed by atoms with E-state index in [0.717, 1.165) is 6.07 Å². The summed E-state index contributed by atoms with van der Waals surface area (Å²) in [5.41, 5.74) is 0.615. The zero-order chi connectivity index (χ0) is 23.5. The van der Waals surface area contributed by atoms with Crippen LogP contribution in [0, 0.1) is 6.92 Å². The van der Waals surface area contributed by atoms with Gasteiger partial charge in [0.1, 0.15) is 0 Å². The molecular formula is C20H17Cl2N3O6S. The number of carbonyl (C=O) groups excluding carboxylic acids is 2.